The summed E-state index contributed by atoms with van der Waals surface area (Å²) in [7, 11) is 0. The van der Waals surface area contributed by atoms with Gasteiger partial charge in [-0.25, -0.2) is 0 Å². The van der Waals surface area contributed by atoms with E-state index in [4.69, 9.17) is 4.42 Å². The molecule has 0 aliphatic rings. The zero-order valence-corrected chi connectivity index (χ0v) is 28.5. The van der Waals surface area contributed by atoms with Crippen molar-refractivity contribution >= 4 is 70.5 Å². The van der Waals surface area contributed by atoms with Crippen LogP contribution in [0.3, 0.4) is 0 Å². The van der Waals surface area contributed by atoms with Crippen LogP contribution in [0, 0.1) is 0 Å². The number of fused-ring (bicyclic) bond motifs is 6. The van der Waals surface area contributed by atoms with Crippen molar-refractivity contribution in [3.63, 3.8) is 0 Å². The van der Waals surface area contributed by atoms with Gasteiger partial charge in [-0.15, -0.1) is 11.3 Å². The van der Waals surface area contributed by atoms with Crippen LogP contribution in [0.25, 0.3) is 75.5 Å². The van der Waals surface area contributed by atoms with E-state index in [1.54, 1.807) is 0 Å². The molecule has 10 rings (SSSR count). The van der Waals surface area contributed by atoms with Crippen molar-refractivity contribution in [2.24, 2.45) is 0 Å². The lowest BCUT2D eigenvalue weighted by molar-refractivity contribution is 0.670. The molecule has 0 spiro atoms. The average Bonchev–Trinajstić information content (AvgIpc) is 3.78. The van der Waals surface area contributed by atoms with Crippen molar-refractivity contribution in [3.05, 3.63) is 188 Å². The highest BCUT2D eigenvalue weighted by molar-refractivity contribution is 7.25. The van der Waals surface area contributed by atoms with Crippen molar-refractivity contribution in [3.8, 4) is 33.4 Å². The van der Waals surface area contributed by atoms with Crippen LogP contribution in [-0.4, -0.2) is 0 Å². The smallest absolute Gasteiger partial charge is 0.159 e. The standard InChI is InChI=1S/C48H31NOS/c1-3-12-32(13-4-1)35-16-9-17-36(30-35)33-24-26-37(27-25-33)49(38-28-29-41-40-18-7-8-23-45(40)51-46(41)31-38)44-22-11-21-43-42-20-10-19-39(47(42)50-48(43)44)34-14-5-2-6-15-34/h1-31H. The minimum Gasteiger partial charge on any atom is -0.453 e. The van der Waals surface area contributed by atoms with Gasteiger partial charge in [-0.1, -0.05) is 146 Å². The maximum atomic E-state index is 6.94. The molecule has 8 aromatic carbocycles. The topological polar surface area (TPSA) is 16.4 Å². The Morgan fingerprint density at radius 3 is 1.71 bits per heavy atom. The van der Waals surface area contributed by atoms with Gasteiger partial charge < -0.3 is 9.32 Å². The molecule has 2 nitrogen and oxygen atoms in total. The van der Waals surface area contributed by atoms with Gasteiger partial charge in [0.2, 0.25) is 0 Å². The number of furan rings is 1. The summed E-state index contributed by atoms with van der Waals surface area (Å²) in [5.41, 5.74) is 11.9. The first-order valence-corrected chi connectivity index (χ1v) is 18.1. The first kappa shape index (κ1) is 29.5. The zero-order valence-electron chi connectivity index (χ0n) is 27.7. The molecule has 10 aromatic rings. The summed E-state index contributed by atoms with van der Waals surface area (Å²) in [5, 5.41) is 4.79. The van der Waals surface area contributed by atoms with E-state index in [2.05, 4.69) is 193 Å². The second-order valence-electron chi connectivity index (χ2n) is 12.9. The minimum atomic E-state index is 0.868. The normalized spacial score (nSPS) is 11.5. The third-order valence-electron chi connectivity index (χ3n) is 9.88. The van der Waals surface area contributed by atoms with Crippen LogP contribution in [0.4, 0.5) is 17.1 Å². The molecule has 240 valence electrons. The van der Waals surface area contributed by atoms with Crippen molar-refractivity contribution in [1.82, 2.24) is 0 Å². The van der Waals surface area contributed by atoms with Crippen LogP contribution in [0.2, 0.25) is 0 Å². The van der Waals surface area contributed by atoms with E-state index >= 15 is 0 Å². The number of nitrogens with zero attached hydrogens (tertiary/aromatic N) is 1. The van der Waals surface area contributed by atoms with Crippen molar-refractivity contribution in [2.45, 2.75) is 0 Å². The summed E-state index contributed by atoms with van der Waals surface area (Å²) in [6.07, 6.45) is 0. The highest BCUT2D eigenvalue weighted by atomic mass is 32.1. The molecular formula is C48H31NOS. The van der Waals surface area contributed by atoms with Crippen LogP contribution in [0.15, 0.2) is 192 Å². The lowest BCUT2D eigenvalue weighted by Crippen LogP contribution is -2.10. The largest absolute Gasteiger partial charge is 0.453 e. The predicted molar refractivity (Wildman–Crippen MR) is 218 cm³/mol. The first-order chi connectivity index (χ1) is 25.3. The molecule has 0 unspecified atom stereocenters. The van der Waals surface area contributed by atoms with Crippen LogP contribution in [-0.2, 0) is 0 Å². The van der Waals surface area contributed by atoms with E-state index in [1.165, 1.54) is 42.4 Å². The van der Waals surface area contributed by atoms with Gasteiger partial charge >= 0.3 is 0 Å². The summed E-state index contributed by atoms with van der Waals surface area (Å²) in [6, 6.07) is 67.2. The number of thiophene rings is 1. The predicted octanol–water partition coefficient (Wildman–Crippen LogP) is 14.4. The lowest BCUT2D eigenvalue weighted by Gasteiger charge is -2.26. The van der Waals surface area contributed by atoms with Crippen molar-refractivity contribution in [1.29, 1.82) is 0 Å². The second-order valence-corrected chi connectivity index (χ2v) is 14.0. The SMILES string of the molecule is c1ccc(-c2cccc(-c3ccc(N(c4ccc5c(c4)sc4ccccc45)c4cccc5c4oc4c(-c6ccccc6)cccc45)cc3)c2)cc1. The van der Waals surface area contributed by atoms with E-state index in [-0.39, 0.29) is 0 Å². The van der Waals surface area contributed by atoms with E-state index in [0.29, 0.717) is 0 Å². The summed E-state index contributed by atoms with van der Waals surface area (Å²) in [6.45, 7) is 0. The molecule has 0 bridgehead atoms. The maximum absolute atomic E-state index is 6.94. The van der Waals surface area contributed by atoms with E-state index in [0.717, 1.165) is 50.1 Å². The molecule has 3 heteroatoms. The molecule has 2 heterocycles. The van der Waals surface area contributed by atoms with Gasteiger partial charge in [-0.3, -0.25) is 0 Å². The second kappa shape index (κ2) is 12.2. The van der Waals surface area contributed by atoms with E-state index in [1.807, 2.05) is 11.3 Å². The fourth-order valence-electron chi connectivity index (χ4n) is 7.42. The molecule has 51 heavy (non-hydrogen) atoms. The van der Waals surface area contributed by atoms with Gasteiger partial charge in [0.05, 0.1) is 5.69 Å². The molecule has 0 aliphatic heterocycles. The number of hydrogen-bond acceptors (Lipinski definition) is 3. The maximum Gasteiger partial charge on any atom is 0.159 e. The van der Waals surface area contributed by atoms with Crippen molar-refractivity contribution < 1.29 is 4.42 Å². The number of rotatable bonds is 6. The number of anilines is 3. The summed E-state index contributed by atoms with van der Waals surface area (Å²) >= 11 is 1.84. The monoisotopic (exact) mass is 669 g/mol. The molecule has 0 saturated heterocycles. The summed E-state index contributed by atoms with van der Waals surface area (Å²) in [5.74, 6) is 0. The fraction of sp³-hybridized carbons (Fsp3) is 0. The molecule has 0 saturated carbocycles. The molecule has 0 radical (unpaired) electrons. The fourth-order valence-corrected chi connectivity index (χ4v) is 8.56. The lowest BCUT2D eigenvalue weighted by atomic mass is 9.99. The Kier molecular flexibility index (Phi) is 7.04. The Morgan fingerprint density at radius 2 is 0.922 bits per heavy atom. The molecule has 0 aliphatic carbocycles. The van der Waals surface area contributed by atoms with Crippen LogP contribution in [0.5, 0.6) is 0 Å². The van der Waals surface area contributed by atoms with Crippen LogP contribution in [0.1, 0.15) is 0 Å². The Hall–Kier alpha value is -6.42. The molecule has 0 atom stereocenters. The molecule has 0 N–H and O–H groups in total. The zero-order chi connectivity index (χ0) is 33.7. The van der Waals surface area contributed by atoms with Crippen LogP contribution >= 0.6 is 11.3 Å². The van der Waals surface area contributed by atoms with E-state index in [9.17, 15) is 0 Å². The summed E-state index contributed by atoms with van der Waals surface area (Å²) in [4.78, 5) is 2.35. The minimum absolute atomic E-state index is 0.868. The third kappa shape index (κ3) is 5.10. The molecular weight excluding hydrogens is 639 g/mol. The third-order valence-corrected chi connectivity index (χ3v) is 11.0. The van der Waals surface area contributed by atoms with Crippen LogP contribution < -0.4 is 4.90 Å². The van der Waals surface area contributed by atoms with E-state index < -0.39 is 0 Å². The van der Waals surface area contributed by atoms with Gasteiger partial charge in [0, 0.05) is 47.9 Å². The van der Waals surface area contributed by atoms with Gasteiger partial charge in [-0.05, 0) is 70.3 Å². The highest BCUT2D eigenvalue weighted by Crippen LogP contribution is 2.46. The summed E-state index contributed by atoms with van der Waals surface area (Å²) < 4.78 is 9.50. The average molecular weight is 670 g/mol. The van der Waals surface area contributed by atoms with Gasteiger partial charge in [0.1, 0.15) is 5.58 Å². The Morgan fingerprint density at radius 1 is 0.353 bits per heavy atom. The quantitative estimate of drug-likeness (QED) is 0.175. The number of para-hydroxylation sites is 2. The Bertz CT molecular complexity index is 2850. The molecule has 0 amide bonds. The molecule has 2 aromatic heterocycles. The van der Waals surface area contributed by atoms with Gasteiger partial charge in [0.25, 0.3) is 0 Å². The number of benzene rings is 8. The Balaban J connectivity index is 1.15. The van der Waals surface area contributed by atoms with Crippen molar-refractivity contribution in [2.75, 3.05) is 4.90 Å². The molecule has 0 fully saturated rings. The Labute approximate surface area is 300 Å². The first-order valence-electron chi connectivity index (χ1n) is 17.3. The van der Waals surface area contributed by atoms with Gasteiger partial charge in [0.15, 0.2) is 5.58 Å². The van der Waals surface area contributed by atoms with Gasteiger partial charge in [-0.2, -0.15) is 0 Å². The number of hydrogen-bond donors (Lipinski definition) is 0. The highest BCUT2D eigenvalue weighted by Gasteiger charge is 2.21.